The van der Waals surface area contributed by atoms with Gasteiger partial charge in [0.1, 0.15) is 11.4 Å². The number of ether oxygens (including phenoxy) is 1. The van der Waals surface area contributed by atoms with Gasteiger partial charge in [-0.25, -0.2) is 9.78 Å². The van der Waals surface area contributed by atoms with Crippen molar-refractivity contribution in [1.29, 1.82) is 0 Å². The van der Waals surface area contributed by atoms with Crippen molar-refractivity contribution >= 4 is 40.5 Å². The molecule has 0 spiro atoms. The van der Waals surface area contributed by atoms with E-state index >= 15 is 0 Å². The summed E-state index contributed by atoms with van der Waals surface area (Å²) in [7, 11) is 0. The van der Waals surface area contributed by atoms with Gasteiger partial charge in [0.2, 0.25) is 0 Å². The summed E-state index contributed by atoms with van der Waals surface area (Å²) in [4.78, 5) is 32.3. The molecule has 2 aromatic carbocycles. The van der Waals surface area contributed by atoms with E-state index in [9.17, 15) is 9.59 Å². The van der Waals surface area contributed by atoms with Gasteiger partial charge in [-0.15, -0.1) is 11.3 Å². The largest absolute Gasteiger partial charge is 0.444 e. The number of amides is 2. The molecule has 1 saturated heterocycles. The molecule has 0 radical (unpaired) electrons. The van der Waals surface area contributed by atoms with E-state index in [0.717, 1.165) is 48.7 Å². The lowest BCUT2D eigenvalue weighted by Gasteiger charge is -2.27. The number of aryl methyl sites for hydroxylation is 1. The van der Waals surface area contributed by atoms with Crippen LogP contribution in [-0.4, -0.2) is 48.8 Å². The molecule has 3 aromatic rings. The molecule has 0 aliphatic carbocycles. The van der Waals surface area contributed by atoms with Crippen molar-refractivity contribution < 1.29 is 14.3 Å². The number of rotatable bonds is 5. The molecule has 0 bridgehead atoms. The second kappa shape index (κ2) is 10.5. The van der Waals surface area contributed by atoms with Crippen molar-refractivity contribution in [1.82, 2.24) is 10.3 Å². The molecule has 3 N–H and O–H groups in total. The zero-order chi connectivity index (χ0) is 25.0. The van der Waals surface area contributed by atoms with Gasteiger partial charge in [0.25, 0.3) is 5.91 Å². The van der Waals surface area contributed by atoms with E-state index in [4.69, 9.17) is 4.74 Å². The predicted octanol–water partition coefficient (Wildman–Crippen LogP) is 5.13. The second-order valence-electron chi connectivity index (χ2n) is 9.46. The smallest absolute Gasteiger partial charge is 0.412 e. The van der Waals surface area contributed by atoms with E-state index in [1.807, 2.05) is 48.7 Å². The van der Waals surface area contributed by atoms with Crippen LogP contribution in [0.5, 0.6) is 0 Å². The van der Waals surface area contributed by atoms with Crippen LogP contribution in [0.25, 0.3) is 11.1 Å². The van der Waals surface area contributed by atoms with Crippen molar-refractivity contribution in [3.63, 3.8) is 0 Å². The minimum Gasteiger partial charge on any atom is -0.444 e. The van der Waals surface area contributed by atoms with Crippen molar-refractivity contribution in [3.05, 3.63) is 58.4 Å². The van der Waals surface area contributed by atoms with E-state index in [1.54, 1.807) is 26.8 Å². The SMILES string of the molecule is Cc1ccc(-c2ccc(NC(=O)OC(C)(C)C)c(NC(=O)c3nc(N4CCNCC4)cs3)c2)cc1. The van der Waals surface area contributed by atoms with Gasteiger partial charge in [0.05, 0.1) is 11.4 Å². The maximum absolute atomic E-state index is 13.1. The van der Waals surface area contributed by atoms with Gasteiger partial charge >= 0.3 is 6.09 Å². The molecular weight excluding hydrogens is 462 g/mol. The Morgan fingerprint density at radius 2 is 1.69 bits per heavy atom. The molecule has 2 amide bonds. The van der Waals surface area contributed by atoms with E-state index < -0.39 is 11.7 Å². The summed E-state index contributed by atoms with van der Waals surface area (Å²) in [6, 6.07) is 13.6. The van der Waals surface area contributed by atoms with Crippen LogP contribution >= 0.6 is 11.3 Å². The van der Waals surface area contributed by atoms with Gasteiger partial charge in [-0.2, -0.15) is 0 Å². The highest BCUT2D eigenvalue weighted by Gasteiger charge is 2.20. The molecule has 184 valence electrons. The van der Waals surface area contributed by atoms with Gasteiger partial charge in [-0.3, -0.25) is 10.1 Å². The van der Waals surface area contributed by atoms with E-state index in [1.165, 1.54) is 11.3 Å². The lowest BCUT2D eigenvalue weighted by atomic mass is 10.0. The summed E-state index contributed by atoms with van der Waals surface area (Å²) in [5.74, 6) is 0.479. The third-order valence-electron chi connectivity index (χ3n) is 5.42. The lowest BCUT2D eigenvalue weighted by molar-refractivity contribution is 0.0635. The van der Waals surface area contributed by atoms with E-state index in [2.05, 4.69) is 25.8 Å². The maximum atomic E-state index is 13.1. The van der Waals surface area contributed by atoms with Crippen LogP contribution in [0, 0.1) is 6.92 Å². The molecule has 4 rings (SSSR count). The highest BCUT2D eigenvalue weighted by atomic mass is 32.1. The number of carbonyl (C=O) groups excluding carboxylic acids is 2. The first-order valence-electron chi connectivity index (χ1n) is 11.6. The van der Waals surface area contributed by atoms with E-state index in [0.29, 0.717) is 16.4 Å². The average molecular weight is 494 g/mol. The number of carbonyl (C=O) groups is 2. The zero-order valence-electron chi connectivity index (χ0n) is 20.5. The summed E-state index contributed by atoms with van der Waals surface area (Å²) in [5.41, 5.74) is 3.35. The summed E-state index contributed by atoms with van der Waals surface area (Å²) in [6.45, 7) is 10.9. The quantitative estimate of drug-likeness (QED) is 0.456. The monoisotopic (exact) mass is 493 g/mol. The highest BCUT2D eigenvalue weighted by molar-refractivity contribution is 7.12. The standard InChI is InChI=1S/C26H31N5O3S/c1-17-5-7-18(8-6-17)19-9-10-20(29-25(33)34-26(2,3)4)21(15-19)28-23(32)24-30-22(16-35-24)31-13-11-27-12-14-31/h5-10,15-16,27H,11-14H2,1-4H3,(H,28,32)(H,29,33). The zero-order valence-corrected chi connectivity index (χ0v) is 21.3. The maximum Gasteiger partial charge on any atom is 0.412 e. The lowest BCUT2D eigenvalue weighted by Crippen LogP contribution is -2.43. The Balaban J connectivity index is 1.59. The number of nitrogens with one attached hydrogen (secondary N) is 3. The molecule has 1 aromatic heterocycles. The van der Waals surface area contributed by atoms with Crippen LogP contribution < -0.4 is 20.9 Å². The predicted molar refractivity (Wildman–Crippen MR) is 142 cm³/mol. The van der Waals surface area contributed by atoms with E-state index in [-0.39, 0.29) is 5.91 Å². The Kier molecular flexibility index (Phi) is 7.37. The van der Waals surface area contributed by atoms with Crippen LogP contribution in [0.4, 0.5) is 22.0 Å². The number of hydrogen-bond donors (Lipinski definition) is 3. The van der Waals surface area contributed by atoms with Gasteiger partial charge in [0, 0.05) is 31.6 Å². The molecular formula is C26H31N5O3S. The van der Waals surface area contributed by atoms with Gasteiger partial charge in [0.15, 0.2) is 5.01 Å². The van der Waals surface area contributed by atoms with Crippen molar-refractivity contribution in [3.8, 4) is 11.1 Å². The normalized spacial score (nSPS) is 13.9. The minimum absolute atomic E-state index is 0.329. The summed E-state index contributed by atoms with van der Waals surface area (Å²) in [5, 5.41) is 11.3. The van der Waals surface area contributed by atoms with Gasteiger partial charge in [-0.1, -0.05) is 35.9 Å². The Bertz CT molecular complexity index is 1190. The molecule has 35 heavy (non-hydrogen) atoms. The Labute approximate surface area is 209 Å². The minimum atomic E-state index is -0.642. The fourth-order valence-corrected chi connectivity index (χ4v) is 4.40. The summed E-state index contributed by atoms with van der Waals surface area (Å²) in [6.07, 6.45) is -0.591. The first kappa shape index (κ1) is 24.7. The molecule has 0 saturated carbocycles. The molecule has 9 heteroatoms. The van der Waals surface area contributed by atoms with Crippen LogP contribution in [0.15, 0.2) is 47.8 Å². The third kappa shape index (κ3) is 6.58. The highest BCUT2D eigenvalue weighted by Crippen LogP contribution is 2.31. The molecule has 1 aliphatic heterocycles. The Hall–Kier alpha value is -3.43. The van der Waals surface area contributed by atoms with Gasteiger partial charge in [-0.05, 0) is 51.0 Å². The molecule has 0 unspecified atom stereocenters. The first-order valence-corrected chi connectivity index (χ1v) is 12.5. The van der Waals surface area contributed by atoms with Crippen LogP contribution in [0.2, 0.25) is 0 Å². The summed E-state index contributed by atoms with van der Waals surface area (Å²) >= 11 is 1.30. The van der Waals surface area contributed by atoms with Crippen LogP contribution in [0.3, 0.4) is 0 Å². The molecule has 0 atom stereocenters. The second-order valence-corrected chi connectivity index (χ2v) is 10.3. The third-order valence-corrected chi connectivity index (χ3v) is 6.24. The number of piperazine rings is 1. The van der Waals surface area contributed by atoms with Gasteiger partial charge < -0.3 is 20.3 Å². The molecule has 8 nitrogen and oxygen atoms in total. The van der Waals surface area contributed by atoms with Crippen molar-refractivity contribution in [2.75, 3.05) is 41.7 Å². The topological polar surface area (TPSA) is 95.6 Å². The van der Waals surface area contributed by atoms with Crippen LogP contribution in [-0.2, 0) is 4.74 Å². The van der Waals surface area contributed by atoms with Crippen LogP contribution in [0.1, 0.15) is 36.1 Å². The number of anilines is 3. The van der Waals surface area contributed by atoms with Crippen molar-refractivity contribution in [2.24, 2.45) is 0 Å². The number of nitrogens with zero attached hydrogens (tertiary/aromatic N) is 2. The number of hydrogen-bond acceptors (Lipinski definition) is 7. The molecule has 1 fully saturated rings. The Morgan fingerprint density at radius 3 is 2.37 bits per heavy atom. The number of aromatic nitrogens is 1. The number of benzene rings is 2. The Morgan fingerprint density at radius 1 is 1.00 bits per heavy atom. The molecule has 1 aliphatic rings. The molecule has 2 heterocycles. The van der Waals surface area contributed by atoms with Crippen molar-refractivity contribution in [2.45, 2.75) is 33.3 Å². The first-order chi connectivity index (χ1) is 16.7. The summed E-state index contributed by atoms with van der Waals surface area (Å²) < 4.78 is 5.40. The average Bonchev–Trinajstić information content (AvgIpc) is 3.31. The number of thiazole rings is 1. The fraction of sp³-hybridized carbons (Fsp3) is 0.346. The fourth-order valence-electron chi connectivity index (χ4n) is 3.68.